The first-order chi connectivity index (χ1) is 16.7. The second-order valence-electron chi connectivity index (χ2n) is 7.75. The van der Waals surface area contributed by atoms with Crippen molar-refractivity contribution >= 4 is 27.5 Å². The van der Waals surface area contributed by atoms with Crippen molar-refractivity contribution in [3.05, 3.63) is 87.5 Å². The van der Waals surface area contributed by atoms with Crippen molar-refractivity contribution in [3.63, 3.8) is 0 Å². The number of carbonyl (C=O) groups excluding carboxylic acids is 1. The molecule has 7 nitrogen and oxygen atoms in total. The molecule has 8 heteroatoms. The zero-order valence-corrected chi connectivity index (χ0v) is 19.4. The van der Waals surface area contributed by atoms with E-state index in [1.807, 2.05) is 66.0 Å². The van der Waals surface area contributed by atoms with E-state index in [0.29, 0.717) is 28.3 Å². The number of rotatable bonds is 7. The minimum absolute atomic E-state index is 0.0191. The summed E-state index contributed by atoms with van der Waals surface area (Å²) in [6.45, 7) is 2.61. The topological polar surface area (TPSA) is 76.0 Å². The second kappa shape index (κ2) is 9.61. The van der Waals surface area contributed by atoms with Gasteiger partial charge in [-0.15, -0.1) is 11.3 Å². The van der Waals surface area contributed by atoms with Crippen molar-refractivity contribution in [2.45, 2.75) is 26.2 Å². The molecule has 0 bridgehead atoms. The van der Waals surface area contributed by atoms with Gasteiger partial charge in [-0.3, -0.25) is 4.79 Å². The fourth-order valence-electron chi connectivity index (χ4n) is 3.93. The Bertz CT molecular complexity index is 1380. The van der Waals surface area contributed by atoms with Crippen LogP contribution in [0.1, 0.15) is 22.8 Å². The number of aromatic nitrogens is 1. The number of para-hydroxylation sites is 2. The van der Waals surface area contributed by atoms with E-state index in [0.717, 1.165) is 5.56 Å². The number of benzene rings is 2. The van der Waals surface area contributed by atoms with E-state index in [4.69, 9.17) is 18.9 Å². The van der Waals surface area contributed by atoms with E-state index in [-0.39, 0.29) is 37.2 Å². The molecule has 1 atom stereocenters. The van der Waals surface area contributed by atoms with Crippen LogP contribution in [0.4, 0.5) is 0 Å². The fourth-order valence-corrected chi connectivity index (χ4v) is 4.86. The van der Waals surface area contributed by atoms with E-state index in [9.17, 15) is 9.59 Å². The largest absolute Gasteiger partial charge is 0.486 e. The molecule has 0 spiro atoms. The SMILES string of the molecule is CCOC(=O)c1c(OCc2ccccc2)c(=O)n(CC2COc3ccccc3O2)c2ccsc12. The zero-order chi connectivity index (χ0) is 23.5. The molecule has 1 unspecified atom stereocenters. The van der Waals surface area contributed by atoms with Crippen molar-refractivity contribution in [2.75, 3.05) is 13.2 Å². The zero-order valence-electron chi connectivity index (χ0n) is 18.6. The van der Waals surface area contributed by atoms with E-state index < -0.39 is 11.5 Å². The standard InChI is InChI=1S/C26H23NO6S/c1-2-30-26(29)22-23(32-15-17-8-4-3-5-9-17)25(28)27(19-12-13-34-24(19)22)14-18-16-31-20-10-6-7-11-21(20)33-18/h3-13,18H,2,14-16H2,1H3. The van der Waals surface area contributed by atoms with Gasteiger partial charge in [-0.2, -0.15) is 0 Å². The molecule has 0 saturated carbocycles. The Morgan fingerprint density at radius 1 is 1.09 bits per heavy atom. The number of esters is 1. The fraction of sp³-hybridized carbons (Fsp3) is 0.231. The first-order valence-electron chi connectivity index (χ1n) is 11.0. The van der Waals surface area contributed by atoms with Crippen LogP contribution in [0, 0.1) is 0 Å². The molecule has 4 aromatic rings. The highest BCUT2D eigenvalue weighted by Crippen LogP contribution is 2.33. The minimum Gasteiger partial charge on any atom is -0.486 e. The van der Waals surface area contributed by atoms with Crippen molar-refractivity contribution in [2.24, 2.45) is 0 Å². The van der Waals surface area contributed by atoms with Gasteiger partial charge in [0.25, 0.3) is 5.56 Å². The van der Waals surface area contributed by atoms with Crippen molar-refractivity contribution in [1.29, 1.82) is 0 Å². The molecule has 0 aliphatic carbocycles. The van der Waals surface area contributed by atoms with Crippen LogP contribution in [0.5, 0.6) is 17.2 Å². The highest BCUT2D eigenvalue weighted by atomic mass is 32.1. The third-order valence-electron chi connectivity index (χ3n) is 5.49. The molecule has 5 rings (SSSR count). The van der Waals surface area contributed by atoms with Gasteiger partial charge in [0.05, 0.1) is 23.4 Å². The first kappa shape index (κ1) is 22.0. The number of ether oxygens (including phenoxy) is 4. The second-order valence-corrected chi connectivity index (χ2v) is 8.66. The van der Waals surface area contributed by atoms with Gasteiger partial charge < -0.3 is 23.5 Å². The van der Waals surface area contributed by atoms with Gasteiger partial charge in [0.15, 0.2) is 17.6 Å². The molecular weight excluding hydrogens is 454 g/mol. The summed E-state index contributed by atoms with van der Waals surface area (Å²) < 4.78 is 25.4. The highest BCUT2D eigenvalue weighted by molar-refractivity contribution is 7.17. The van der Waals surface area contributed by atoms with Gasteiger partial charge >= 0.3 is 5.97 Å². The summed E-state index contributed by atoms with van der Waals surface area (Å²) in [5.41, 5.74) is 1.27. The van der Waals surface area contributed by atoms with Crippen molar-refractivity contribution < 1.29 is 23.7 Å². The highest BCUT2D eigenvalue weighted by Gasteiger charge is 2.28. The van der Waals surface area contributed by atoms with Gasteiger partial charge in [-0.1, -0.05) is 42.5 Å². The monoisotopic (exact) mass is 477 g/mol. The molecular formula is C26H23NO6S. The molecule has 1 aliphatic rings. The van der Waals surface area contributed by atoms with Crippen LogP contribution in [-0.4, -0.2) is 29.9 Å². The summed E-state index contributed by atoms with van der Waals surface area (Å²) >= 11 is 1.36. The molecule has 2 aromatic carbocycles. The Hall–Kier alpha value is -3.78. The quantitative estimate of drug-likeness (QED) is 0.361. The van der Waals surface area contributed by atoms with Gasteiger partial charge in [0.2, 0.25) is 5.75 Å². The lowest BCUT2D eigenvalue weighted by atomic mass is 10.2. The third-order valence-corrected chi connectivity index (χ3v) is 6.41. The Morgan fingerprint density at radius 2 is 1.85 bits per heavy atom. The number of hydrogen-bond acceptors (Lipinski definition) is 7. The number of nitrogens with zero attached hydrogens (tertiary/aromatic N) is 1. The maximum absolute atomic E-state index is 13.7. The summed E-state index contributed by atoms with van der Waals surface area (Å²) in [5.74, 6) is 0.719. The number of carbonyl (C=O) groups is 1. The molecule has 174 valence electrons. The summed E-state index contributed by atoms with van der Waals surface area (Å²) in [4.78, 5) is 26.6. The normalized spacial score (nSPS) is 14.7. The molecule has 0 fully saturated rings. The van der Waals surface area contributed by atoms with Gasteiger partial charge in [0.1, 0.15) is 18.8 Å². The molecule has 0 amide bonds. The Morgan fingerprint density at radius 3 is 2.65 bits per heavy atom. The maximum atomic E-state index is 13.7. The summed E-state index contributed by atoms with van der Waals surface area (Å²) in [7, 11) is 0. The lowest BCUT2D eigenvalue weighted by Gasteiger charge is -2.27. The molecule has 0 saturated heterocycles. The Kier molecular flexibility index (Phi) is 6.22. The van der Waals surface area contributed by atoms with Crippen LogP contribution >= 0.6 is 11.3 Å². The Balaban J connectivity index is 1.55. The van der Waals surface area contributed by atoms with Crippen LogP contribution < -0.4 is 19.8 Å². The molecule has 0 radical (unpaired) electrons. The smallest absolute Gasteiger partial charge is 0.343 e. The van der Waals surface area contributed by atoms with Gasteiger partial charge in [-0.25, -0.2) is 4.79 Å². The van der Waals surface area contributed by atoms with E-state index in [1.165, 1.54) is 11.3 Å². The molecule has 2 aromatic heterocycles. The number of hydrogen-bond donors (Lipinski definition) is 0. The Labute approximate surface area is 200 Å². The average Bonchev–Trinajstić information content (AvgIpc) is 3.34. The van der Waals surface area contributed by atoms with Gasteiger partial charge in [-0.05, 0) is 36.1 Å². The summed E-state index contributed by atoms with van der Waals surface area (Å²) in [6.07, 6.45) is -0.383. The number of pyridine rings is 1. The van der Waals surface area contributed by atoms with Crippen LogP contribution in [0.15, 0.2) is 70.8 Å². The van der Waals surface area contributed by atoms with E-state index >= 15 is 0 Å². The van der Waals surface area contributed by atoms with Crippen LogP contribution in [0.2, 0.25) is 0 Å². The van der Waals surface area contributed by atoms with E-state index in [2.05, 4.69) is 0 Å². The summed E-state index contributed by atoms with van der Waals surface area (Å²) in [5, 5.41) is 1.85. The third kappa shape index (κ3) is 4.24. The minimum atomic E-state index is -0.576. The molecule has 34 heavy (non-hydrogen) atoms. The lowest BCUT2D eigenvalue weighted by Crippen LogP contribution is -2.37. The van der Waals surface area contributed by atoms with Crippen molar-refractivity contribution in [1.82, 2.24) is 4.57 Å². The van der Waals surface area contributed by atoms with Gasteiger partial charge in [0, 0.05) is 0 Å². The number of thiophene rings is 1. The molecule has 3 heterocycles. The molecule has 0 N–H and O–H groups in total. The lowest BCUT2D eigenvalue weighted by molar-refractivity contribution is 0.0523. The maximum Gasteiger partial charge on any atom is 0.343 e. The average molecular weight is 478 g/mol. The predicted molar refractivity (Wildman–Crippen MR) is 129 cm³/mol. The van der Waals surface area contributed by atoms with Crippen LogP contribution in [0.3, 0.4) is 0 Å². The van der Waals surface area contributed by atoms with Crippen LogP contribution in [-0.2, 0) is 17.9 Å². The van der Waals surface area contributed by atoms with E-state index in [1.54, 1.807) is 11.5 Å². The van der Waals surface area contributed by atoms with Crippen LogP contribution in [0.25, 0.3) is 10.2 Å². The predicted octanol–water partition coefficient (Wildman–Crippen LogP) is 4.66. The molecule has 1 aliphatic heterocycles. The summed E-state index contributed by atoms with van der Waals surface area (Å²) in [6, 6.07) is 18.7. The first-order valence-corrected chi connectivity index (χ1v) is 11.9. The number of fused-ring (bicyclic) bond motifs is 2. The van der Waals surface area contributed by atoms with Crippen molar-refractivity contribution in [3.8, 4) is 17.2 Å².